The largest absolute Gasteiger partial charge is 0.465 e. The van der Waals surface area contributed by atoms with Crippen LogP contribution in [0.25, 0.3) is 0 Å². The number of carbonyl (C=O) groups excluding carboxylic acids is 3. The lowest BCUT2D eigenvalue weighted by molar-refractivity contribution is -0.118. The maximum absolute atomic E-state index is 13.1. The molecule has 164 valence electrons. The third-order valence-electron chi connectivity index (χ3n) is 5.69. The van der Waals surface area contributed by atoms with Crippen LogP contribution in [0.3, 0.4) is 0 Å². The Kier molecular flexibility index (Phi) is 5.52. The third kappa shape index (κ3) is 3.75. The summed E-state index contributed by atoms with van der Waals surface area (Å²) in [5.41, 5.74) is 4.18. The van der Waals surface area contributed by atoms with Crippen LogP contribution >= 0.6 is 0 Å². The lowest BCUT2D eigenvalue weighted by atomic mass is 9.81. The maximum Gasteiger partial charge on any atom is 0.337 e. The van der Waals surface area contributed by atoms with Gasteiger partial charge in [0, 0.05) is 24.1 Å². The Morgan fingerprint density at radius 1 is 1.09 bits per heavy atom. The molecule has 0 saturated heterocycles. The molecule has 0 bridgehead atoms. The Labute approximate surface area is 185 Å². The smallest absolute Gasteiger partial charge is 0.337 e. The van der Waals surface area contributed by atoms with Crippen molar-refractivity contribution in [3.05, 3.63) is 82.0 Å². The fraction of sp³-hybridized carbons (Fsp3) is 0.250. The summed E-state index contributed by atoms with van der Waals surface area (Å²) in [6.07, 6.45) is 0. The number of hydrogen-bond acceptors (Lipinski definition) is 5. The van der Waals surface area contributed by atoms with Crippen molar-refractivity contribution in [3.63, 3.8) is 0 Å². The van der Waals surface area contributed by atoms with Crippen LogP contribution in [0, 0.1) is 13.8 Å². The summed E-state index contributed by atoms with van der Waals surface area (Å²) in [5, 5.41) is 10.2. The fourth-order valence-corrected chi connectivity index (χ4v) is 4.17. The van der Waals surface area contributed by atoms with Crippen LogP contribution in [0.2, 0.25) is 0 Å². The van der Waals surface area contributed by atoms with Crippen molar-refractivity contribution in [2.45, 2.75) is 25.8 Å². The van der Waals surface area contributed by atoms with Gasteiger partial charge in [-0.2, -0.15) is 5.10 Å². The first-order valence-corrected chi connectivity index (χ1v) is 10.2. The molecule has 0 saturated carbocycles. The van der Waals surface area contributed by atoms with Gasteiger partial charge < -0.3 is 15.4 Å². The molecule has 1 aliphatic rings. The molecular weight excluding hydrogens is 408 g/mol. The number of hydrogen-bond donors (Lipinski definition) is 2. The minimum atomic E-state index is -0.859. The van der Waals surface area contributed by atoms with Crippen LogP contribution in [0.1, 0.15) is 49.0 Å². The number of nitrogens with one attached hydrogen (secondary N) is 2. The number of fused-ring (bicyclic) bond motifs is 1. The van der Waals surface area contributed by atoms with Gasteiger partial charge in [-0.05, 0) is 43.7 Å². The minimum absolute atomic E-state index is 0.330. The summed E-state index contributed by atoms with van der Waals surface area (Å²) in [4.78, 5) is 38.0. The summed E-state index contributed by atoms with van der Waals surface area (Å²) in [6.45, 7) is 3.77. The van der Waals surface area contributed by atoms with E-state index in [4.69, 9.17) is 4.74 Å². The molecule has 2 amide bonds. The molecular formula is C24H24N4O4. The second kappa shape index (κ2) is 8.30. The molecule has 8 heteroatoms. The number of esters is 1. The van der Waals surface area contributed by atoms with E-state index in [1.807, 2.05) is 19.9 Å². The third-order valence-corrected chi connectivity index (χ3v) is 5.69. The summed E-state index contributed by atoms with van der Waals surface area (Å²) >= 11 is 0. The molecule has 0 radical (unpaired) electrons. The first kappa shape index (κ1) is 21.3. The number of amides is 2. The van der Waals surface area contributed by atoms with Gasteiger partial charge in [-0.25, -0.2) is 4.79 Å². The normalized spacial score (nSPS) is 17.3. The number of methoxy groups -OCH3 is 1. The van der Waals surface area contributed by atoms with Crippen LogP contribution < -0.4 is 10.6 Å². The van der Waals surface area contributed by atoms with Gasteiger partial charge in [-0.1, -0.05) is 29.8 Å². The average Bonchev–Trinajstić information content (AvgIpc) is 3.06. The van der Waals surface area contributed by atoms with E-state index in [2.05, 4.69) is 15.7 Å². The molecule has 2 heterocycles. The Morgan fingerprint density at radius 3 is 2.47 bits per heavy atom. The minimum Gasteiger partial charge on any atom is -0.465 e. The molecule has 2 atom stereocenters. The highest BCUT2D eigenvalue weighted by atomic mass is 16.5. The van der Waals surface area contributed by atoms with E-state index < -0.39 is 17.9 Å². The number of rotatable bonds is 4. The topological polar surface area (TPSA) is 102 Å². The van der Waals surface area contributed by atoms with Crippen LogP contribution in [0.4, 0.5) is 5.82 Å². The van der Waals surface area contributed by atoms with Gasteiger partial charge in [-0.15, -0.1) is 0 Å². The highest BCUT2D eigenvalue weighted by molar-refractivity contribution is 6.04. The van der Waals surface area contributed by atoms with E-state index in [0.29, 0.717) is 16.9 Å². The van der Waals surface area contributed by atoms with Crippen molar-refractivity contribution >= 4 is 23.6 Å². The van der Waals surface area contributed by atoms with Crippen molar-refractivity contribution in [1.82, 2.24) is 15.1 Å². The molecule has 0 aliphatic carbocycles. The highest BCUT2D eigenvalue weighted by Gasteiger charge is 2.41. The van der Waals surface area contributed by atoms with Crippen LogP contribution in [0.15, 0.2) is 48.5 Å². The molecule has 4 rings (SSSR count). The van der Waals surface area contributed by atoms with Crippen molar-refractivity contribution in [2.24, 2.45) is 7.05 Å². The van der Waals surface area contributed by atoms with Crippen LogP contribution in [-0.4, -0.2) is 40.7 Å². The van der Waals surface area contributed by atoms with Crippen molar-refractivity contribution < 1.29 is 19.1 Å². The predicted molar refractivity (Wildman–Crippen MR) is 119 cm³/mol. The summed E-state index contributed by atoms with van der Waals surface area (Å²) in [6, 6.07) is 13.2. The second-order valence-electron chi connectivity index (χ2n) is 7.87. The van der Waals surface area contributed by atoms with Gasteiger partial charge in [-0.3, -0.25) is 14.3 Å². The van der Waals surface area contributed by atoms with Crippen molar-refractivity contribution in [3.8, 4) is 0 Å². The van der Waals surface area contributed by atoms with E-state index in [1.54, 1.807) is 54.2 Å². The van der Waals surface area contributed by atoms with Gasteiger partial charge in [0.05, 0.1) is 18.4 Å². The Bertz CT molecular complexity index is 1210. The van der Waals surface area contributed by atoms with Crippen molar-refractivity contribution in [1.29, 1.82) is 0 Å². The number of anilines is 1. The summed E-state index contributed by atoms with van der Waals surface area (Å²) < 4.78 is 6.40. The van der Waals surface area contributed by atoms with Gasteiger partial charge in [0.1, 0.15) is 11.9 Å². The maximum atomic E-state index is 13.1. The number of nitrogens with zero attached hydrogens (tertiary/aromatic N) is 2. The lowest BCUT2D eigenvalue weighted by Gasteiger charge is -2.32. The van der Waals surface area contributed by atoms with Crippen LogP contribution in [-0.2, 0) is 16.6 Å². The van der Waals surface area contributed by atoms with Gasteiger partial charge in [0.15, 0.2) is 0 Å². The molecule has 0 unspecified atom stereocenters. The zero-order chi connectivity index (χ0) is 23.0. The quantitative estimate of drug-likeness (QED) is 0.617. The Hall–Kier alpha value is -3.94. The fourth-order valence-electron chi connectivity index (χ4n) is 4.17. The molecule has 2 aromatic carbocycles. The monoisotopic (exact) mass is 432 g/mol. The van der Waals surface area contributed by atoms with Crippen LogP contribution in [0.5, 0.6) is 0 Å². The zero-order valence-corrected chi connectivity index (χ0v) is 18.3. The van der Waals surface area contributed by atoms with E-state index >= 15 is 0 Å². The molecule has 0 fully saturated rings. The predicted octanol–water partition coefficient (Wildman–Crippen LogP) is 2.71. The number of carbonyl (C=O) groups is 3. The Morgan fingerprint density at radius 2 is 1.81 bits per heavy atom. The molecule has 32 heavy (non-hydrogen) atoms. The summed E-state index contributed by atoms with van der Waals surface area (Å²) in [5.74, 6) is -0.998. The lowest BCUT2D eigenvalue weighted by Crippen LogP contribution is -2.50. The number of aryl methyl sites for hydroxylation is 3. The SMILES string of the molecule is COC(=O)c1ccc([C@@H]2c3c(C)nn(C)c3NC(=O)[C@H]2NC(=O)c2cccc(C)c2)cc1. The average molecular weight is 432 g/mol. The van der Waals surface area contributed by atoms with E-state index in [1.165, 1.54) is 7.11 Å². The van der Waals surface area contributed by atoms with E-state index in [-0.39, 0.29) is 11.8 Å². The van der Waals surface area contributed by atoms with Gasteiger partial charge in [0.25, 0.3) is 5.91 Å². The molecule has 0 spiro atoms. The number of benzene rings is 2. The Balaban J connectivity index is 1.77. The van der Waals surface area contributed by atoms with E-state index in [0.717, 1.165) is 22.4 Å². The molecule has 1 aromatic heterocycles. The first-order chi connectivity index (χ1) is 15.3. The first-order valence-electron chi connectivity index (χ1n) is 10.2. The summed E-state index contributed by atoms with van der Waals surface area (Å²) in [7, 11) is 3.08. The second-order valence-corrected chi connectivity index (χ2v) is 7.87. The van der Waals surface area contributed by atoms with E-state index in [9.17, 15) is 14.4 Å². The standard InChI is InChI=1S/C24H24N4O4/c1-13-6-5-7-17(12-13)22(29)25-20-19(15-8-10-16(11-9-15)24(31)32-4)18-14(2)27-28(3)21(18)26-23(20)30/h5-12,19-20H,1-4H3,(H,25,29)(H,26,30)/t19-,20+/m1/s1. The molecule has 2 N–H and O–H groups in total. The number of ether oxygens (including phenoxy) is 1. The number of aromatic nitrogens is 2. The molecule has 3 aromatic rings. The van der Waals surface area contributed by atoms with Gasteiger partial charge >= 0.3 is 5.97 Å². The van der Waals surface area contributed by atoms with Crippen molar-refractivity contribution in [2.75, 3.05) is 12.4 Å². The molecule has 8 nitrogen and oxygen atoms in total. The zero-order valence-electron chi connectivity index (χ0n) is 18.3. The van der Waals surface area contributed by atoms with Gasteiger partial charge in [0.2, 0.25) is 5.91 Å². The highest BCUT2D eigenvalue weighted by Crippen LogP contribution is 2.39. The molecule has 1 aliphatic heterocycles.